The van der Waals surface area contributed by atoms with Gasteiger partial charge in [0, 0.05) is 18.3 Å². The molecule has 0 bridgehead atoms. The molecule has 2 heterocycles. The number of thioether (sulfide) groups is 2. The van der Waals surface area contributed by atoms with E-state index in [1.807, 2.05) is 13.8 Å². The van der Waals surface area contributed by atoms with Crippen molar-refractivity contribution in [2.75, 3.05) is 36.1 Å². The largest absolute Gasteiger partial charge is 0.338 e. The zero-order chi connectivity index (χ0) is 15.5. The minimum atomic E-state index is -2.97. The highest BCUT2D eigenvalue weighted by Gasteiger charge is 2.34. The molecule has 5 nitrogen and oxygen atoms in total. The number of nitrogens with zero attached hydrogens (tertiary/aromatic N) is 2. The normalized spacial score (nSPS) is 24.3. The first-order valence-corrected chi connectivity index (χ1v) is 11.0. The molecule has 1 saturated heterocycles. The van der Waals surface area contributed by atoms with Gasteiger partial charge in [-0.2, -0.15) is 0 Å². The molecule has 2 aliphatic rings. The molecular formula is C13H22N2O3S3. The molecule has 0 spiro atoms. The molecule has 2 aliphatic heterocycles. The van der Waals surface area contributed by atoms with Crippen LogP contribution in [0.3, 0.4) is 0 Å². The van der Waals surface area contributed by atoms with Crippen molar-refractivity contribution >= 4 is 43.6 Å². The molecule has 0 saturated carbocycles. The van der Waals surface area contributed by atoms with Crippen molar-refractivity contribution in [1.82, 2.24) is 4.90 Å². The van der Waals surface area contributed by atoms with Gasteiger partial charge in [0.15, 0.2) is 9.84 Å². The van der Waals surface area contributed by atoms with Gasteiger partial charge in [0.2, 0.25) is 5.91 Å². The maximum atomic E-state index is 12.5. The van der Waals surface area contributed by atoms with Gasteiger partial charge in [-0.25, -0.2) is 8.42 Å². The first-order valence-electron chi connectivity index (χ1n) is 7.17. The maximum Gasteiger partial charge on any atom is 0.233 e. The second-order valence-electron chi connectivity index (χ2n) is 5.78. The monoisotopic (exact) mass is 350 g/mol. The summed E-state index contributed by atoms with van der Waals surface area (Å²) in [4.78, 5) is 18.6. The summed E-state index contributed by atoms with van der Waals surface area (Å²) >= 11 is 3.17. The van der Waals surface area contributed by atoms with Gasteiger partial charge in [-0.3, -0.25) is 9.79 Å². The Hall–Kier alpha value is -0.210. The Kier molecular flexibility index (Phi) is 6.02. The van der Waals surface area contributed by atoms with Crippen LogP contribution in [-0.2, 0) is 14.6 Å². The minimum Gasteiger partial charge on any atom is -0.338 e. The molecule has 0 aliphatic carbocycles. The standard InChI is InChI=1S/C13H22N2O3S3/c1-10(2)7-15(11-3-6-21(17,18)9-11)12(16)8-20-13-14-4-5-19-13/h10-11H,3-9H2,1-2H3/t11-/m0/s1. The molecule has 0 aromatic rings. The molecule has 1 amide bonds. The molecule has 0 radical (unpaired) electrons. The molecule has 2 rings (SSSR count). The van der Waals surface area contributed by atoms with Crippen LogP contribution in [0.2, 0.25) is 0 Å². The first-order chi connectivity index (χ1) is 9.87. The molecule has 0 unspecified atom stereocenters. The molecule has 0 N–H and O–H groups in total. The summed E-state index contributed by atoms with van der Waals surface area (Å²) < 4.78 is 24.3. The van der Waals surface area contributed by atoms with Crippen molar-refractivity contribution in [2.24, 2.45) is 10.9 Å². The Balaban J connectivity index is 1.96. The number of aliphatic imine (C=N–C) groups is 1. The van der Waals surface area contributed by atoms with Crippen LogP contribution in [0.15, 0.2) is 4.99 Å². The number of hydrogen-bond donors (Lipinski definition) is 0. The lowest BCUT2D eigenvalue weighted by Crippen LogP contribution is -2.44. The van der Waals surface area contributed by atoms with Crippen LogP contribution in [0, 0.1) is 5.92 Å². The molecule has 0 aromatic carbocycles. The van der Waals surface area contributed by atoms with E-state index in [-0.39, 0.29) is 23.5 Å². The van der Waals surface area contributed by atoms with Crippen LogP contribution >= 0.6 is 23.5 Å². The second-order valence-corrected chi connectivity index (χ2v) is 10.3. The number of carbonyl (C=O) groups is 1. The summed E-state index contributed by atoms with van der Waals surface area (Å²) in [6.45, 7) is 5.55. The highest BCUT2D eigenvalue weighted by Crippen LogP contribution is 2.24. The van der Waals surface area contributed by atoms with Crippen LogP contribution in [0.25, 0.3) is 0 Å². The van der Waals surface area contributed by atoms with Gasteiger partial charge in [0.25, 0.3) is 0 Å². The Labute approximate surface area is 135 Å². The van der Waals surface area contributed by atoms with E-state index in [0.717, 1.165) is 16.7 Å². The van der Waals surface area contributed by atoms with Crippen molar-refractivity contribution in [1.29, 1.82) is 0 Å². The van der Waals surface area contributed by atoms with E-state index in [1.165, 1.54) is 11.8 Å². The SMILES string of the molecule is CC(C)CN(C(=O)CSC1=NCCS1)[C@H]1CCS(=O)(=O)C1. The molecule has 1 atom stereocenters. The number of sulfone groups is 1. The van der Waals surface area contributed by atoms with E-state index < -0.39 is 9.84 Å². The van der Waals surface area contributed by atoms with E-state index in [2.05, 4.69) is 4.99 Å². The van der Waals surface area contributed by atoms with Gasteiger partial charge in [0.1, 0.15) is 4.38 Å². The van der Waals surface area contributed by atoms with E-state index >= 15 is 0 Å². The first kappa shape index (κ1) is 17.1. The number of hydrogen-bond acceptors (Lipinski definition) is 6. The van der Waals surface area contributed by atoms with E-state index in [1.54, 1.807) is 16.7 Å². The maximum absolute atomic E-state index is 12.5. The lowest BCUT2D eigenvalue weighted by atomic mass is 10.1. The molecule has 120 valence electrons. The van der Waals surface area contributed by atoms with Crippen molar-refractivity contribution in [3.63, 3.8) is 0 Å². The third-order valence-corrected chi connectivity index (χ3v) is 7.40. The minimum absolute atomic E-state index is 0.0333. The van der Waals surface area contributed by atoms with Crippen molar-refractivity contribution in [3.8, 4) is 0 Å². The lowest BCUT2D eigenvalue weighted by Gasteiger charge is -2.29. The van der Waals surface area contributed by atoms with Gasteiger partial charge < -0.3 is 4.90 Å². The smallest absolute Gasteiger partial charge is 0.233 e. The zero-order valence-electron chi connectivity index (χ0n) is 12.4. The lowest BCUT2D eigenvalue weighted by molar-refractivity contribution is -0.130. The van der Waals surface area contributed by atoms with E-state index in [4.69, 9.17) is 0 Å². The van der Waals surface area contributed by atoms with Crippen LogP contribution in [0.1, 0.15) is 20.3 Å². The number of carbonyl (C=O) groups excluding carboxylic acids is 1. The van der Waals surface area contributed by atoms with Crippen LogP contribution in [-0.4, -0.2) is 65.7 Å². The molecule has 8 heteroatoms. The van der Waals surface area contributed by atoms with Gasteiger partial charge in [-0.1, -0.05) is 37.4 Å². The van der Waals surface area contributed by atoms with Crippen molar-refractivity contribution in [2.45, 2.75) is 26.3 Å². The van der Waals surface area contributed by atoms with Crippen molar-refractivity contribution < 1.29 is 13.2 Å². The quantitative estimate of drug-likeness (QED) is 0.752. The fourth-order valence-electron chi connectivity index (χ4n) is 2.48. The summed E-state index contributed by atoms with van der Waals surface area (Å²) in [6, 6.07) is -0.149. The van der Waals surface area contributed by atoms with Crippen molar-refractivity contribution in [3.05, 3.63) is 0 Å². The van der Waals surface area contributed by atoms with Crippen LogP contribution < -0.4 is 0 Å². The van der Waals surface area contributed by atoms with Crippen LogP contribution in [0.4, 0.5) is 0 Å². The third kappa shape index (κ3) is 5.17. The molecule has 0 aromatic heterocycles. The summed E-state index contributed by atoms with van der Waals surface area (Å²) in [5.41, 5.74) is 0. The topological polar surface area (TPSA) is 66.8 Å². The highest BCUT2D eigenvalue weighted by molar-refractivity contribution is 8.39. The number of rotatable bonds is 5. The third-order valence-electron chi connectivity index (χ3n) is 3.41. The van der Waals surface area contributed by atoms with E-state index in [9.17, 15) is 13.2 Å². The molecule has 21 heavy (non-hydrogen) atoms. The Morgan fingerprint density at radius 1 is 1.52 bits per heavy atom. The summed E-state index contributed by atoms with van der Waals surface area (Å²) in [7, 11) is -2.97. The van der Waals surface area contributed by atoms with Gasteiger partial charge in [-0.15, -0.1) is 0 Å². The molecular weight excluding hydrogens is 328 g/mol. The fraction of sp³-hybridized carbons (Fsp3) is 0.846. The summed E-state index contributed by atoms with van der Waals surface area (Å²) in [6.07, 6.45) is 0.571. The predicted octanol–water partition coefficient (Wildman–Crippen LogP) is 1.49. The predicted molar refractivity (Wildman–Crippen MR) is 90.8 cm³/mol. The fourth-order valence-corrected chi connectivity index (χ4v) is 6.10. The Morgan fingerprint density at radius 2 is 2.29 bits per heavy atom. The Morgan fingerprint density at radius 3 is 2.81 bits per heavy atom. The zero-order valence-corrected chi connectivity index (χ0v) is 14.9. The van der Waals surface area contributed by atoms with Gasteiger partial charge >= 0.3 is 0 Å². The summed E-state index contributed by atoms with van der Waals surface area (Å²) in [5, 5.41) is 0. The highest BCUT2D eigenvalue weighted by atomic mass is 32.2. The van der Waals surface area contributed by atoms with Gasteiger partial charge in [-0.05, 0) is 12.3 Å². The second kappa shape index (κ2) is 7.37. The number of amides is 1. The van der Waals surface area contributed by atoms with Crippen LogP contribution in [0.5, 0.6) is 0 Å². The van der Waals surface area contributed by atoms with Gasteiger partial charge in [0.05, 0.1) is 23.8 Å². The Bertz CT molecular complexity index is 517. The average Bonchev–Trinajstić information content (AvgIpc) is 3.02. The molecule has 1 fully saturated rings. The summed E-state index contributed by atoms with van der Waals surface area (Å²) in [5.74, 6) is 2.04. The van der Waals surface area contributed by atoms with E-state index in [0.29, 0.717) is 24.6 Å². The average molecular weight is 351 g/mol.